The number of piperidine rings is 1. The third-order valence-electron chi connectivity index (χ3n) is 5.88. The number of carbonyl (C=O) groups is 1. The van der Waals surface area contributed by atoms with Crippen LogP contribution in [-0.2, 0) is 0 Å². The zero-order valence-electron chi connectivity index (χ0n) is 17.3. The van der Waals surface area contributed by atoms with Crippen molar-refractivity contribution < 1.29 is 13.6 Å². The van der Waals surface area contributed by atoms with E-state index in [0.717, 1.165) is 12.8 Å². The van der Waals surface area contributed by atoms with Crippen molar-refractivity contribution in [2.24, 2.45) is 0 Å². The first kappa shape index (κ1) is 20.6. The first-order valence-electron chi connectivity index (χ1n) is 10.4. The van der Waals surface area contributed by atoms with Gasteiger partial charge in [-0.15, -0.1) is 0 Å². The van der Waals surface area contributed by atoms with E-state index in [1.54, 1.807) is 47.6 Å². The summed E-state index contributed by atoms with van der Waals surface area (Å²) in [5, 5.41) is 0.591. The van der Waals surface area contributed by atoms with Gasteiger partial charge in [0.25, 0.3) is 5.91 Å². The Kier molecular flexibility index (Phi) is 5.35. The van der Waals surface area contributed by atoms with Crippen LogP contribution in [0.1, 0.15) is 41.9 Å². The van der Waals surface area contributed by atoms with E-state index in [4.69, 9.17) is 16.0 Å². The first-order valence-corrected chi connectivity index (χ1v) is 10.8. The number of hydrogen-bond donors (Lipinski definition) is 0. The number of oxazole rings is 1. The first-order chi connectivity index (χ1) is 15.5. The van der Waals surface area contributed by atoms with Crippen LogP contribution < -0.4 is 0 Å². The number of halogens is 2. The Labute approximate surface area is 189 Å². The van der Waals surface area contributed by atoms with Gasteiger partial charge < -0.3 is 9.32 Å². The third-order valence-corrected chi connectivity index (χ3v) is 6.11. The molecule has 0 saturated carbocycles. The Balaban J connectivity index is 1.47. The lowest BCUT2D eigenvalue weighted by atomic mass is 9.92. The van der Waals surface area contributed by atoms with Gasteiger partial charge in [0.1, 0.15) is 11.3 Å². The molecule has 8 heteroatoms. The molecule has 3 heterocycles. The predicted molar refractivity (Wildman–Crippen MR) is 119 cm³/mol. The third kappa shape index (κ3) is 3.84. The van der Waals surface area contributed by atoms with Gasteiger partial charge in [0, 0.05) is 35.6 Å². The molecular formula is C24H20ClFN4O2. The number of fused-ring (bicyclic) bond motifs is 1. The summed E-state index contributed by atoms with van der Waals surface area (Å²) in [5.74, 6) is 0.158. The highest BCUT2D eigenvalue weighted by Gasteiger charge is 2.34. The predicted octanol–water partition coefficient (Wildman–Crippen LogP) is 5.49. The van der Waals surface area contributed by atoms with Crippen LogP contribution in [0.3, 0.4) is 0 Å². The molecule has 1 aliphatic rings. The van der Waals surface area contributed by atoms with Crippen molar-refractivity contribution in [2.45, 2.75) is 31.7 Å². The number of rotatable bonds is 3. The SMILES string of the molecule is CC1CCC(c2nc3cc(Cl)ccc3o2)CN1C(=O)c1cc(F)ccc1-c1ncccn1. The van der Waals surface area contributed by atoms with Crippen LogP contribution in [0.25, 0.3) is 22.5 Å². The molecular weight excluding hydrogens is 431 g/mol. The number of amides is 1. The number of hydrogen-bond acceptors (Lipinski definition) is 5. The second-order valence-electron chi connectivity index (χ2n) is 8.01. The molecule has 4 aromatic rings. The normalized spacial score (nSPS) is 18.8. The second-order valence-corrected chi connectivity index (χ2v) is 8.44. The van der Waals surface area contributed by atoms with Crippen molar-refractivity contribution in [1.82, 2.24) is 19.9 Å². The fourth-order valence-corrected chi connectivity index (χ4v) is 4.33. The Bertz CT molecular complexity index is 1290. The van der Waals surface area contributed by atoms with Crippen LogP contribution in [0.2, 0.25) is 5.02 Å². The van der Waals surface area contributed by atoms with E-state index in [9.17, 15) is 9.18 Å². The standard InChI is InChI=1S/C24H20ClFN4O2/c1-14-3-4-15(23-29-20-11-16(25)5-8-21(20)32-23)13-30(14)24(31)19-12-17(26)6-7-18(19)22-27-9-2-10-28-22/h2,5-12,14-15H,3-4,13H2,1H3. The number of likely N-dealkylation sites (tertiary alicyclic amines) is 1. The van der Waals surface area contributed by atoms with E-state index in [2.05, 4.69) is 15.0 Å². The lowest BCUT2D eigenvalue weighted by Crippen LogP contribution is -2.45. The molecule has 2 aromatic carbocycles. The summed E-state index contributed by atoms with van der Waals surface area (Å²) in [6.45, 7) is 2.42. The maximum absolute atomic E-state index is 14.1. The number of carbonyl (C=O) groups excluding carboxylic acids is 1. The van der Waals surface area contributed by atoms with Gasteiger partial charge in [-0.2, -0.15) is 0 Å². The van der Waals surface area contributed by atoms with E-state index in [1.165, 1.54) is 12.1 Å². The molecule has 162 valence electrons. The fourth-order valence-electron chi connectivity index (χ4n) is 4.17. The monoisotopic (exact) mass is 450 g/mol. The van der Waals surface area contributed by atoms with E-state index < -0.39 is 5.82 Å². The second kappa shape index (κ2) is 8.31. The van der Waals surface area contributed by atoms with Crippen LogP contribution in [0.4, 0.5) is 4.39 Å². The van der Waals surface area contributed by atoms with E-state index in [1.807, 2.05) is 6.92 Å². The van der Waals surface area contributed by atoms with Crippen molar-refractivity contribution in [3.05, 3.63) is 77.2 Å². The molecule has 0 spiro atoms. The summed E-state index contributed by atoms with van der Waals surface area (Å²) in [6, 6.07) is 11.1. The van der Waals surface area contributed by atoms with E-state index in [0.29, 0.717) is 39.9 Å². The molecule has 32 heavy (non-hydrogen) atoms. The number of aromatic nitrogens is 3. The van der Waals surface area contributed by atoms with Crippen LogP contribution in [0.5, 0.6) is 0 Å². The van der Waals surface area contributed by atoms with Gasteiger partial charge in [-0.1, -0.05) is 11.6 Å². The maximum Gasteiger partial charge on any atom is 0.254 e. The van der Waals surface area contributed by atoms with Crippen LogP contribution in [-0.4, -0.2) is 38.3 Å². The van der Waals surface area contributed by atoms with Crippen LogP contribution in [0, 0.1) is 5.82 Å². The highest BCUT2D eigenvalue weighted by atomic mass is 35.5. The van der Waals surface area contributed by atoms with Crippen LogP contribution in [0.15, 0.2) is 59.3 Å². The molecule has 1 saturated heterocycles. The zero-order chi connectivity index (χ0) is 22.2. The molecule has 1 fully saturated rings. The molecule has 6 nitrogen and oxygen atoms in total. The van der Waals surface area contributed by atoms with Crippen molar-refractivity contribution in [1.29, 1.82) is 0 Å². The summed E-state index contributed by atoms with van der Waals surface area (Å²) in [7, 11) is 0. The molecule has 0 bridgehead atoms. The van der Waals surface area contributed by atoms with Gasteiger partial charge in [-0.25, -0.2) is 19.3 Å². The summed E-state index contributed by atoms with van der Waals surface area (Å²) in [4.78, 5) is 28.4. The van der Waals surface area contributed by atoms with Crippen molar-refractivity contribution in [3.63, 3.8) is 0 Å². The minimum absolute atomic E-state index is 0.00891. The summed E-state index contributed by atoms with van der Waals surface area (Å²) >= 11 is 6.07. The summed E-state index contributed by atoms with van der Waals surface area (Å²) in [5.41, 5.74) is 2.10. The topological polar surface area (TPSA) is 72.1 Å². The van der Waals surface area contributed by atoms with Gasteiger partial charge in [0.05, 0.1) is 11.5 Å². The Morgan fingerprint density at radius 2 is 1.97 bits per heavy atom. The van der Waals surface area contributed by atoms with E-state index in [-0.39, 0.29) is 23.4 Å². The number of benzene rings is 2. The number of nitrogens with zero attached hydrogens (tertiary/aromatic N) is 4. The molecule has 0 radical (unpaired) electrons. The Morgan fingerprint density at radius 1 is 1.16 bits per heavy atom. The Morgan fingerprint density at radius 3 is 2.78 bits per heavy atom. The quantitative estimate of drug-likeness (QED) is 0.413. The van der Waals surface area contributed by atoms with Crippen molar-refractivity contribution in [3.8, 4) is 11.4 Å². The smallest absolute Gasteiger partial charge is 0.254 e. The van der Waals surface area contributed by atoms with Gasteiger partial charge in [-0.3, -0.25) is 4.79 Å². The zero-order valence-corrected chi connectivity index (χ0v) is 18.1. The molecule has 1 aliphatic heterocycles. The molecule has 5 rings (SSSR count). The highest BCUT2D eigenvalue weighted by Crippen LogP contribution is 2.34. The minimum atomic E-state index is -0.481. The average molecular weight is 451 g/mol. The molecule has 2 unspecified atom stereocenters. The summed E-state index contributed by atoms with van der Waals surface area (Å²) < 4.78 is 20.1. The van der Waals surface area contributed by atoms with Gasteiger partial charge in [-0.05, 0) is 62.2 Å². The minimum Gasteiger partial charge on any atom is -0.440 e. The average Bonchev–Trinajstić information content (AvgIpc) is 3.22. The largest absolute Gasteiger partial charge is 0.440 e. The van der Waals surface area contributed by atoms with Crippen molar-refractivity contribution >= 4 is 28.6 Å². The van der Waals surface area contributed by atoms with Gasteiger partial charge in [0.15, 0.2) is 17.3 Å². The highest BCUT2D eigenvalue weighted by molar-refractivity contribution is 6.31. The lowest BCUT2D eigenvalue weighted by molar-refractivity contribution is 0.0598. The lowest BCUT2D eigenvalue weighted by Gasteiger charge is -2.37. The molecule has 1 amide bonds. The fraction of sp³-hybridized carbons (Fsp3) is 0.250. The Hall–Kier alpha value is -3.32. The summed E-state index contributed by atoms with van der Waals surface area (Å²) in [6.07, 6.45) is 4.81. The van der Waals surface area contributed by atoms with Gasteiger partial charge >= 0.3 is 0 Å². The van der Waals surface area contributed by atoms with Crippen LogP contribution >= 0.6 is 11.6 Å². The van der Waals surface area contributed by atoms with Crippen molar-refractivity contribution in [2.75, 3.05) is 6.54 Å². The maximum atomic E-state index is 14.1. The molecule has 0 aliphatic carbocycles. The van der Waals surface area contributed by atoms with E-state index >= 15 is 0 Å². The molecule has 2 aromatic heterocycles. The molecule has 2 atom stereocenters. The van der Waals surface area contributed by atoms with Gasteiger partial charge in [0.2, 0.25) is 0 Å². The molecule has 0 N–H and O–H groups in total.